The van der Waals surface area contributed by atoms with Gasteiger partial charge in [-0.05, 0) is 49.4 Å². The van der Waals surface area contributed by atoms with Crippen molar-refractivity contribution in [3.8, 4) is 11.5 Å². The molecule has 1 amide bonds. The van der Waals surface area contributed by atoms with Crippen LogP contribution in [0.4, 0.5) is 5.13 Å². The van der Waals surface area contributed by atoms with Gasteiger partial charge in [0.25, 0.3) is 5.91 Å². The Bertz CT molecular complexity index is 1130. The Balaban J connectivity index is 1.45. The number of rotatable bonds is 7. The van der Waals surface area contributed by atoms with E-state index in [1.165, 1.54) is 11.3 Å². The minimum absolute atomic E-state index is 0.235. The first-order valence-electron chi connectivity index (χ1n) is 9.18. The summed E-state index contributed by atoms with van der Waals surface area (Å²) < 4.78 is 12.2. The van der Waals surface area contributed by atoms with Crippen molar-refractivity contribution in [3.63, 3.8) is 0 Å². The van der Waals surface area contributed by atoms with Gasteiger partial charge in [-0.3, -0.25) is 15.1 Å². The average molecular weight is 405 g/mol. The van der Waals surface area contributed by atoms with Gasteiger partial charge in [0.2, 0.25) is 0 Å². The Hall–Kier alpha value is -3.45. The Kier molecular flexibility index (Phi) is 5.67. The zero-order valence-corrected chi connectivity index (χ0v) is 16.6. The van der Waals surface area contributed by atoms with Gasteiger partial charge in [-0.25, -0.2) is 4.98 Å². The first-order valence-corrected chi connectivity index (χ1v) is 9.99. The number of carbonyl (C=O) groups is 1. The van der Waals surface area contributed by atoms with Crippen LogP contribution in [0.15, 0.2) is 67.0 Å². The second-order valence-corrected chi connectivity index (χ2v) is 7.24. The maximum absolute atomic E-state index is 12.7. The second-order valence-electron chi connectivity index (χ2n) is 6.21. The SMILES string of the molecule is CCOc1ccc2nc(NC(=O)c3cccc(OCc4cccnc4)c3)sc2c1. The highest BCUT2D eigenvalue weighted by molar-refractivity contribution is 7.22. The number of anilines is 1. The third-order valence-electron chi connectivity index (χ3n) is 4.12. The number of hydrogen-bond acceptors (Lipinski definition) is 6. The van der Waals surface area contributed by atoms with Gasteiger partial charge >= 0.3 is 0 Å². The lowest BCUT2D eigenvalue weighted by molar-refractivity contribution is 0.102. The number of hydrogen-bond donors (Lipinski definition) is 1. The minimum Gasteiger partial charge on any atom is -0.494 e. The van der Waals surface area contributed by atoms with E-state index in [9.17, 15) is 4.79 Å². The highest BCUT2D eigenvalue weighted by atomic mass is 32.1. The summed E-state index contributed by atoms with van der Waals surface area (Å²) in [5.74, 6) is 1.17. The van der Waals surface area contributed by atoms with Gasteiger partial charge in [0.15, 0.2) is 5.13 Å². The molecular formula is C22H19N3O3S. The van der Waals surface area contributed by atoms with Gasteiger partial charge < -0.3 is 9.47 Å². The van der Waals surface area contributed by atoms with Crippen LogP contribution < -0.4 is 14.8 Å². The molecule has 0 atom stereocenters. The molecule has 4 aromatic rings. The van der Waals surface area contributed by atoms with Crippen LogP contribution in [0.3, 0.4) is 0 Å². The molecule has 0 radical (unpaired) electrons. The van der Waals surface area contributed by atoms with Gasteiger partial charge in [0.1, 0.15) is 18.1 Å². The van der Waals surface area contributed by atoms with Crippen molar-refractivity contribution >= 4 is 32.6 Å². The lowest BCUT2D eigenvalue weighted by Crippen LogP contribution is -2.11. The molecule has 0 spiro atoms. The van der Waals surface area contributed by atoms with Crippen molar-refractivity contribution in [1.29, 1.82) is 0 Å². The quantitative estimate of drug-likeness (QED) is 0.472. The number of carbonyl (C=O) groups excluding carboxylic acids is 1. The molecule has 0 unspecified atom stereocenters. The van der Waals surface area contributed by atoms with Crippen molar-refractivity contribution in [2.24, 2.45) is 0 Å². The highest BCUT2D eigenvalue weighted by Gasteiger charge is 2.11. The fraction of sp³-hybridized carbons (Fsp3) is 0.136. The van der Waals surface area contributed by atoms with Gasteiger partial charge in [0.05, 0.1) is 16.8 Å². The molecule has 1 N–H and O–H groups in total. The predicted octanol–water partition coefficient (Wildman–Crippen LogP) is 4.92. The summed E-state index contributed by atoms with van der Waals surface area (Å²) in [4.78, 5) is 21.2. The second kappa shape index (κ2) is 8.70. The molecule has 0 saturated carbocycles. The number of pyridine rings is 1. The molecule has 0 aliphatic heterocycles. The van der Waals surface area contributed by atoms with Crippen molar-refractivity contribution in [1.82, 2.24) is 9.97 Å². The summed E-state index contributed by atoms with van der Waals surface area (Å²) in [5, 5.41) is 3.40. The number of nitrogens with one attached hydrogen (secondary N) is 1. The van der Waals surface area contributed by atoms with E-state index >= 15 is 0 Å². The van der Waals surface area contributed by atoms with Gasteiger partial charge in [0, 0.05) is 23.5 Å². The molecule has 4 rings (SSSR count). The normalized spacial score (nSPS) is 10.7. The Morgan fingerprint density at radius 3 is 2.79 bits per heavy atom. The molecule has 7 heteroatoms. The number of ether oxygens (including phenoxy) is 2. The topological polar surface area (TPSA) is 73.3 Å². The molecule has 0 bridgehead atoms. The van der Waals surface area contributed by atoms with E-state index in [-0.39, 0.29) is 5.91 Å². The molecule has 6 nitrogen and oxygen atoms in total. The van der Waals surface area contributed by atoms with E-state index in [0.29, 0.717) is 29.7 Å². The molecule has 2 aromatic carbocycles. The van der Waals surface area contributed by atoms with Crippen LogP contribution in [-0.2, 0) is 6.61 Å². The molecule has 0 aliphatic rings. The van der Waals surface area contributed by atoms with Crippen LogP contribution in [0.2, 0.25) is 0 Å². The zero-order chi connectivity index (χ0) is 20.1. The number of benzene rings is 2. The smallest absolute Gasteiger partial charge is 0.257 e. The summed E-state index contributed by atoms with van der Waals surface area (Å²) in [6.45, 7) is 2.93. The first kappa shape index (κ1) is 18.9. The molecule has 0 aliphatic carbocycles. The Morgan fingerprint density at radius 2 is 1.97 bits per heavy atom. The third-order valence-corrected chi connectivity index (χ3v) is 5.05. The average Bonchev–Trinajstić information content (AvgIpc) is 3.15. The zero-order valence-electron chi connectivity index (χ0n) is 15.8. The number of nitrogens with zero attached hydrogens (tertiary/aromatic N) is 2. The van der Waals surface area contributed by atoms with Crippen LogP contribution >= 0.6 is 11.3 Å². The fourth-order valence-corrected chi connectivity index (χ4v) is 3.65. The standard InChI is InChI=1S/C22H19N3O3S/c1-2-27-18-8-9-19-20(12-18)29-22(24-19)25-21(26)16-6-3-7-17(11-16)28-14-15-5-4-10-23-13-15/h3-13H,2,14H2,1H3,(H,24,25,26). The van der Waals surface area contributed by atoms with Crippen molar-refractivity contribution in [3.05, 3.63) is 78.1 Å². The van der Waals surface area contributed by atoms with Crippen molar-refractivity contribution in [2.75, 3.05) is 11.9 Å². The van der Waals surface area contributed by atoms with E-state index in [0.717, 1.165) is 21.5 Å². The molecule has 0 fully saturated rings. The van der Waals surface area contributed by atoms with E-state index < -0.39 is 0 Å². The van der Waals surface area contributed by atoms with E-state index in [1.807, 2.05) is 43.3 Å². The van der Waals surface area contributed by atoms with E-state index in [4.69, 9.17) is 9.47 Å². The molecule has 146 valence electrons. The van der Waals surface area contributed by atoms with Gasteiger partial charge in [-0.15, -0.1) is 0 Å². The van der Waals surface area contributed by atoms with Crippen molar-refractivity contribution in [2.45, 2.75) is 13.5 Å². The lowest BCUT2D eigenvalue weighted by Gasteiger charge is -2.08. The van der Waals surface area contributed by atoms with Crippen LogP contribution in [-0.4, -0.2) is 22.5 Å². The van der Waals surface area contributed by atoms with Crippen molar-refractivity contribution < 1.29 is 14.3 Å². The predicted molar refractivity (Wildman–Crippen MR) is 114 cm³/mol. The van der Waals surface area contributed by atoms with Crippen LogP contribution in [0, 0.1) is 0 Å². The van der Waals surface area contributed by atoms with E-state index in [2.05, 4.69) is 15.3 Å². The summed E-state index contributed by atoms with van der Waals surface area (Å²) in [7, 11) is 0. The first-order chi connectivity index (χ1) is 14.2. The lowest BCUT2D eigenvalue weighted by atomic mass is 10.2. The van der Waals surface area contributed by atoms with Crippen LogP contribution in [0.5, 0.6) is 11.5 Å². The molecule has 0 saturated heterocycles. The Morgan fingerprint density at radius 1 is 1.07 bits per heavy atom. The monoisotopic (exact) mass is 405 g/mol. The maximum atomic E-state index is 12.7. The summed E-state index contributed by atoms with van der Waals surface area (Å²) in [5.41, 5.74) is 2.29. The summed E-state index contributed by atoms with van der Waals surface area (Å²) in [6.07, 6.45) is 3.47. The van der Waals surface area contributed by atoms with Crippen LogP contribution in [0.25, 0.3) is 10.2 Å². The van der Waals surface area contributed by atoms with Crippen LogP contribution in [0.1, 0.15) is 22.8 Å². The van der Waals surface area contributed by atoms with Gasteiger partial charge in [-0.2, -0.15) is 0 Å². The fourth-order valence-electron chi connectivity index (χ4n) is 2.76. The number of amides is 1. The molecule has 2 aromatic heterocycles. The van der Waals surface area contributed by atoms with E-state index in [1.54, 1.807) is 30.6 Å². The Labute approximate surface area is 172 Å². The third kappa shape index (κ3) is 4.70. The number of thiazole rings is 1. The molecule has 29 heavy (non-hydrogen) atoms. The minimum atomic E-state index is -0.235. The number of aromatic nitrogens is 2. The molecular weight excluding hydrogens is 386 g/mol. The summed E-state index contributed by atoms with van der Waals surface area (Å²) in [6, 6.07) is 16.6. The number of fused-ring (bicyclic) bond motifs is 1. The molecule has 2 heterocycles. The highest BCUT2D eigenvalue weighted by Crippen LogP contribution is 2.29. The largest absolute Gasteiger partial charge is 0.494 e. The maximum Gasteiger partial charge on any atom is 0.257 e. The van der Waals surface area contributed by atoms with Gasteiger partial charge in [-0.1, -0.05) is 23.5 Å². The summed E-state index contributed by atoms with van der Waals surface area (Å²) >= 11 is 1.41.